The fourth-order valence-electron chi connectivity index (χ4n) is 2.75. The minimum atomic E-state index is 0.124. The van der Waals surface area contributed by atoms with E-state index in [4.69, 9.17) is 11.6 Å². The largest absolute Gasteiger partial charge is 0.353 e. The maximum atomic E-state index is 12.3. The molecule has 1 aliphatic carbocycles. The van der Waals surface area contributed by atoms with E-state index in [1.165, 1.54) is 11.1 Å². The van der Waals surface area contributed by atoms with Gasteiger partial charge in [-0.15, -0.1) is 11.6 Å². The molecule has 2 unspecified atom stereocenters. The van der Waals surface area contributed by atoms with Crippen LogP contribution in [0.4, 0.5) is 0 Å². The first kappa shape index (κ1) is 14.4. The maximum absolute atomic E-state index is 12.3. The number of carbonyl (C=O) groups excluding carboxylic acids is 1. The Morgan fingerprint density at radius 1 is 1.42 bits per heavy atom. The van der Waals surface area contributed by atoms with Crippen molar-refractivity contribution in [3.05, 3.63) is 35.4 Å². The number of fused-ring (bicyclic) bond motifs is 1. The van der Waals surface area contributed by atoms with Crippen LogP contribution in [0.5, 0.6) is 0 Å². The molecule has 0 saturated heterocycles. The van der Waals surface area contributed by atoms with Crippen molar-refractivity contribution in [2.24, 2.45) is 5.92 Å². The smallest absolute Gasteiger partial charge is 0.223 e. The van der Waals surface area contributed by atoms with Crippen LogP contribution in [-0.2, 0) is 17.6 Å². The lowest BCUT2D eigenvalue weighted by molar-refractivity contribution is -0.126. The van der Waals surface area contributed by atoms with Gasteiger partial charge in [-0.1, -0.05) is 31.2 Å². The third-order valence-corrected chi connectivity index (χ3v) is 4.23. The van der Waals surface area contributed by atoms with Gasteiger partial charge in [0.1, 0.15) is 0 Å². The molecule has 0 aliphatic heterocycles. The fraction of sp³-hybridized carbons (Fsp3) is 0.562. The van der Waals surface area contributed by atoms with Crippen LogP contribution in [-0.4, -0.2) is 17.8 Å². The first-order valence-electron chi connectivity index (χ1n) is 7.17. The summed E-state index contributed by atoms with van der Waals surface area (Å²) in [5.74, 6) is 0.928. The van der Waals surface area contributed by atoms with Gasteiger partial charge in [-0.2, -0.15) is 0 Å². The molecule has 1 aromatic rings. The average molecular weight is 280 g/mol. The van der Waals surface area contributed by atoms with Gasteiger partial charge in [0, 0.05) is 17.8 Å². The van der Waals surface area contributed by atoms with Crippen LogP contribution in [0.15, 0.2) is 24.3 Å². The second-order valence-electron chi connectivity index (χ2n) is 5.30. The molecule has 0 saturated carbocycles. The second-order valence-corrected chi connectivity index (χ2v) is 5.68. The Kier molecular flexibility index (Phi) is 5.26. The van der Waals surface area contributed by atoms with Gasteiger partial charge in [-0.3, -0.25) is 4.79 Å². The Balaban J connectivity index is 1.95. The minimum absolute atomic E-state index is 0.124. The van der Waals surface area contributed by atoms with E-state index in [9.17, 15) is 4.79 Å². The second kappa shape index (κ2) is 6.95. The zero-order chi connectivity index (χ0) is 13.7. The molecule has 0 radical (unpaired) electrons. The van der Waals surface area contributed by atoms with E-state index in [-0.39, 0.29) is 17.9 Å². The minimum Gasteiger partial charge on any atom is -0.353 e. The molecular weight excluding hydrogens is 258 g/mol. The van der Waals surface area contributed by atoms with Crippen LogP contribution < -0.4 is 5.32 Å². The predicted octanol–water partition coefficient (Wildman–Crippen LogP) is 3.32. The van der Waals surface area contributed by atoms with Gasteiger partial charge in [0.25, 0.3) is 0 Å². The third-order valence-electron chi connectivity index (χ3n) is 4.01. The van der Waals surface area contributed by atoms with Gasteiger partial charge in [0.15, 0.2) is 0 Å². The van der Waals surface area contributed by atoms with E-state index in [1.807, 2.05) is 0 Å². The SMILES string of the molecule is CCC(CCCl)NC(=O)C1CCc2ccccc2C1. The molecule has 2 atom stereocenters. The molecule has 1 aromatic carbocycles. The highest BCUT2D eigenvalue weighted by atomic mass is 35.5. The third kappa shape index (κ3) is 3.73. The van der Waals surface area contributed by atoms with Crippen molar-refractivity contribution >= 4 is 17.5 Å². The van der Waals surface area contributed by atoms with E-state index in [2.05, 4.69) is 36.5 Å². The summed E-state index contributed by atoms with van der Waals surface area (Å²) in [6.45, 7) is 2.09. The lowest BCUT2D eigenvalue weighted by Gasteiger charge is -2.26. The highest BCUT2D eigenvalue weighted by Gasteiger charge is 2.25. The van der Waals surface area contributed by atoms with Crippen LogP contribution in [0.3, 0.4) is 0 Å². The highest BCUT2D eigenvalue weighted by Crippen LogP contribution is 2.25. The van der Waals surface area contributed by atoms with E-state index < -0.39 is 0 Å². The number of benzene rings is 1. The topological polar surface area (TPSA) is 29.1 Å². The molecule has 1 N–H and O–H groups in total. The molecule has 0 fully saturated rings. The van der Waals surface area contributed by atoms with Gasteiger partial charge >= 0.3 is 0 Å². The first-order chi connectivity index (χ1) is 9.24. The molecule has 2 rings (SSSR count). The zero-order valence-electron chi connectivity index (χ0n) is 11.5. The number of halogens is 1. The van der Waals surface area contributed by atoms with Crippen molar-refractivity contribution in [3.8, 4) is 0 Å². The Labute approximate surface area is 120 Å². The summed E-state index contributed by atoms with van der Waals surface area (Å²) in [5.41, 5.74) is 2.73. The molecule has 0 spiro atoms. The van der Waals surface area contributed by atoms with E-state index >= 15 is 0 Å². The number of hydrogen-bond acceptors (Lipinski definition) is 1. The number of amides is 1. The monoisotopic (exact) mass is 279 g/mol. The van der Waals surface area contributed by atoms with Gasteiger partial charge in [0.2, 0.25) is 5.91 Å². The maximum Gasteiger partial charge on any atom is 0.223 e. The molecule has 3 heteroatoms. The summed E-state index contributed by atoms with van der Waals surface area (Å²) in [4.78, 5) is 12.3. The van der Waals surface area contributed by atoms with Gasteiger partial charge in [0.05, 0.1) is 0 Å². The molecular formula is C16H22ClNO. The Hall–Kier alpha value is -1.02. The van der Waals surface area contributed by atoms with E-state index in [1.54, 1.807) is 0 Å². The van der Waals surface area contributed by atoms with Crippen molar-refractivity contribution in [2.75, 3.05) is 5.88 Å². The first-order valence-corrected chi connectivity index (χ1v) is 7.71. The number of nitrogens with one attached hydrogen (secondary N) is 1. The van der Waals surface area contributed by atoms with Crippen molar-refractivity contribution in [2.45, 2.75) is 45.1 Å². The van der Waals surface area contributed by atoms with Crippen LogP contribution in [0, 0.1) is 5.92 Å². The van der Waals surface area contributed by atoms with Crippen molar-refractivity contribution < 1.29 is 4.79 Å². The fourth-order valence-corrected chi connectivity index (χ4v) is 3.01. The quantitative estimate of drug-likeness (QED) is 0.823. The van der Waals surface area contributed by atoms with Gasteiger partial charge in [-0.05, 0) is 43.2 Å². The number of rotatable bonds is 5. The average Bonchev–Trinajstić information content (AvgIpc) is 2.46. The Bertz CT molecular complexity index is 433. The number of alkyl halides is 1. The molecule has 1 aliphatic rings. The number of hydrogen-bond donors (Lipinski definition) is 1. The molecule has 0 bridgehead atoms. The Morgan fingerprint density at radius 2 is 2.16 bits per heavy atom. The van der Waals surface area contributed by atoms with Gasteiger partial charge < -0.3 is 5.32 Å². The lowest BCUT2D eigenvalue weighted by Crippen LogP contribution is -2.40. The predicted molar refractivity (Wildman–Crippen MR) is 79.5 cm³/mol. The number of carbonyl (C=O) groups is 1. The summed E-state index contributed by atoms with van der Waals surface area (Å²) in [7, 11) is 0. The highest BCUT2D eigenvalue weighted by molar-refractivity contribution is 6.17. The molecule has 19 heavy (non-hydrogen) atoms. The molecule has 0 aromatic heterocycles. The van der Waals surface area contributed by atoms with Crippen molar-refractivity contribution in [1.82, 2.24) is 5.32 Å². The molecule has 0 heterocycles. The molecule has 2 nitrogen and oxygen atoms in total. The summed E-state index contributed by atoms with van der Waals surface area (Å²) < 4.78 is 0. The van der Waals surface area contributed by atoms with Crippen LogP contribution in [0.25, 0.3) is 0 Å². The van der Waals surface area contributed by atoms with Gasteiger partial charge in [-0.25, -0.2) is 0 Å². The van der Waals surface area contributed by atoms with Crippen LogP contribution in [0.2, 0.25) is 0 Å². The summed E-state index contributed by atoms with van der Waals surface area (Å²) in [5, 5.41) is 3.14. The van der Waals surface area contributed by atoms with E-state index in [0.717, 1.165) is 32.1 Å². The van der Waals surface area contributed by atoms with Crippen molar-refractivity contribution in [3.63, 3.8) is 0 Å². The standard InChI is InChI=1S/C16H22ClNO/c1-2-15(9-10-17)18-16(19)14-8-7-12-5-3-4-6-13(12)11-14/h3-6,14-15H,2,7-11H2,1H3,(H,18,19). The summed E-state index contributed by atoms with van der Waals surface area (Å²) in [6.07, 6.45) is 4.65. The van der Waals surface area contributed by atoms with Crippen LogP contribution in [0.1, 0.15) is 37.3 Å². The van der Waals surface area contributed by atoms with E-state index in [0.29, 0.717) is 5.88 Å². The normalized spacial score (nSPS) is 19.6. The summed E-state index contributed by atoms with van der Waals surface area (Å²) in [6, 6.07) is 8.67. The molecule has 1 amide bonds. The van der Waals surface area contributed by atoms with Crippen LogP contribution >= 0.6 is 11.6 Å². The molecule has 104 valence electrons. The lowest BCUT2D eigenvalue weighted by atomic mass is 9.83. The van der Waals surface area contributed by atoms with Crippen molar-refractivity contribution in [1.29, 1.82) is 0 Å². The summed E-state index contributed by atoms with van der Waals surface area (Å²) >= 11 is 5.76. The zero-order valence-corrected chi connectivity index (χ0v) is 12.2. The Morgan fingerprint density at radius 3 is 2.84 bits per heavy atom. The number of aryl methyl sites for hydroxylation is 1.